The van der Waals surface area contributed by atoms with E-state index in [0.717, 1.165) is 16.5 Å². The highest BCUT2D eigenvalue weighted by atomic mass is 32.2. The normalized spacial score (nSPS) is 17.9. The summed E-state index contributed by atoms with van der Waals surface area (Å²) in [5.41, 5.74) is 0.368. The average molecular weight is 272 g/mol. The molecule has 0 bridgehead atoms. The van der Waals surface area contributed by atoms with Gasteiger partial charge in [0.2, 0.25) is 5.91 Å². The van der Waals surface area contributed by atoms with Crippen molar-refractivity contribution in [3.63, 3.8) is 0 Å². The highest BCUT2D eigenvalue weighted by Crippen LogP contribution is 2.22. The summed E-state index contributed by atoms with van der Waals surface area (Å²) < 4.78 is 0. The maximum Gasteiger partial charge on any atom is 0.232 e. The molecule has 0 spiro atoms. The Bertz CT molecular complexity index is 409. The van der Waals surface area contributed by atoms with Gasteiger partial charge in [0.1, 0.15) is 0 Å². The van der Waals surface area contributed by atoms with Crippen LogP contribution in [0.1, 0.15) is 17.6 Å². The first-order chi connectivity index (χ1) is 7.96. The van der Waals surface area contributed by atoms with Gasteiger partial charge in [-0.25, -0.2) is 4.98 Å². The standard InChI is InChI=1S/C11H16N2O2S2/c1-8-12-9(4-17-8)3-16-5-10(14)13-6-11(2,15)7-13/h4,15H,3,5-7H2,1-2H3. The SMILES string of the molecule is Cc1nc(CSCC(=O)N2CC(C)(O)C2)cs1. The molecule has 1 saturated heterocycles. The maximum absolute atomic E-state index is 11.7. The highest BCUT2D eigenvalue weighted by Gasteiger charge is 2.38. The van der Waals surface area contributed by atoms with Crippen molar-refractivity contribution in [1.29, 1.82) is 0 Å². The molecule has 0 unspecified atom stereocenters. The van der Waals surface area contributed by atoms with Crippen LogP contribution < -0.4 is 0 Å². The number of likely N-dealkylation sites (tertiary alicyclic amines) is 1. The van der Waals surface area contributed by atoms with Gasteiger partial charge in [0.05, 0.1) is 35.1 Å². The molecule has 0 saturated carbocycles. The number of thioether (sulfide) groups is 1. The molecule has 1 fully saturated rings. The van der Waals surface area contributed by atoms with Crippen LogP contribution in [0.3, 0.4) is 0 Å². The molecule has 1 amide bonds. The van der Waals surface area contributed by atoms with E-state index in [-0.39, 0.29) is 5.91 Å². The van der Waals surface area contributed by atoms with Crippen molar-refractivity contribution in [3.05, 3.63) is 16.1 Å². The number of aliphatic hydroxyl groups is 1. The lowest BCUT2D eigenvalue weighted by atomic mass is 9.97. The highest BCUT2D eigenvalue weighted by molar-refractivity contribution is 7.99. The van der Waals surface area contributed by atoms with Crippen LogP contribution in [0.5, 0.6) is 0 Å². The van der Waals surface area contributed by atoms with E-state index in [1.165, 1.54) is 0 Å². The minimum absolute atomic E-state index is 0.105. The Labute approximate surface area is 109 Å². The van der Waals surface area contributed by atoms with E-state index in [9.17, 15) is 9.90 Å². The molecular weight excluding hydrogens is 256 g/mol. The lowest BCUT2D eigenvalue weighted by Crippen LogP contribution is -2.62. The number of aromatic nitrogens is 1. The zero-order chi connectivity index (χ0) is 12.5. The van der Waals surface area contributed by atoms with Gasteiger partial charge in [-0.1, -0.05) is 0 Å². The summed E-state index contributed by atoms with van der Waals surface area (Å²) in [6.07, 6.45) is 0. The van der Waals surface area contributed by atoms with Gasteiger partial charge in [-0.15, -0.1) is 23.1 Å². The number of rotatable bonds is 4. The summed E-state index contributed by atoms with van der Waals surface area (Å²) in [7, 11) is 0. The van der Waals surface area contributed by atoms with Crippen molar-refractivity contribution in [2.45, 2.75) is 25.2 Å². The first-order valence-electron chi connectivity index (χ1n) is 5.45. The predicted octanol–water partition coefficient (Wildman–Crippen LogP) is 1.28. The maximum atomic E-state index is 11.7. The smallest absolute Gasteiger partial charge is 0.232 e. The third-order valence-electron chi connectivity index (χ3n) is 2.56. The van der Waals surface area contributed by atoms with Crippen molar-refractivity contribution in [2.24, 2.45) is 0 Å². The Morgan fingerprint density at radius 3 is 2.94 bits per heavy atom. The van der Waals surface area contributed by atoms with Crippen molar-refractivity contribution >= 4 is 29.0 Å². The molecule has 1 aromatic heterocycles. The van der Waals surface area contributed by atoms with Crippen LogP contribution >= 0.6 is 23.1 Å². The molecule has 0 aliphatic carbocycles. The molecule has 1 aliphatic rings. The van der Waals surface area contributed by atoms with Gasteiger partial charge in [0.15, 0.2) is 0 Å². The molecule has 1 N–H and O–H groups in total. The molecule has 0 atom stereocenters. The minimum atomic E-state index is -0.674. The van der Waals surface area contributed by atoms with E-state index in [4.69, 9.17) is 0 Å². The fourth-order valence-corrected chi connectivity index (χ4v) is 3.30. The summed E-state index contributed by atoms with van der Waals surface area (Å²) in [6.45, 7) is 4.65. The van der Waals surface area contributed by atoms with Gasteiger partial charge in [-0.05, 0) is 13.8 Å². The molecule has 2 rings (SSSR count). The van der Waals surface area contributed by atoms with Gasteiger partial charge in [0, 0.05) is 11.1 Å². The lowest BCUT2D eigenvalue weighted by Gasteiger charge is -2.44. The topological polar surface area (TPSA) is 53.4 Å². The van der Waals surface area contributed by atoms with Crippen molar-refractivity contribution in [3.8, 4) is 0 Å². The second kappa shape index (κ2) is 4.96. The first kappa shape index (κ1) is 12.9. The molecule has 1 aliphatic heterocycles. The first-order valence-corrected chi connectivity index (χ1v) is 7.49. The van der Waals surface area contributed by atoms with E-state index in [2.05, 4.69) is 4.98 Å². The van der Waals surface area contributed by atoms with Crippen molar-refractivity contribution in [2.75, 3.05) is 18.8 Å². The third-order valence-corrected chi connectivity index (χ3v) is 4.33. The summed E-state index contributed by atoms with van der Waals surface area (Å²) in [4.78, 5) is 17.7. The molecule has 94 valence electrons. The zero-order valence-electron chi connectivity index (χ0n) is 9.97. The van der Waals surface area contributed by atoms with Crippen LogP contribution in [-0.4, -0.2) is 45.3 Å². The Morgan fingerprint density at radius 1 is 1.71 bits per heavy atom. The number of β-amino-alcohol motifs (C(OH)–C–C–N with tert-alkyl or cyclic N) is 1. The Morgan fingerprint density at radius 2 is 2.41 bits per heavy atom. The van der Waals surface area contributed by atoms with Crippen LogP contribution in [0.25, 0.3) is 0 Å². The van der Waals surface area contributed by atoms with Crippen LogP contribution in [0.2, 0.25) is 0 Å². The summed E-state index contributed by atoms with van der Waals surface area (Å²) in [5.74, 6) is 1.35. The monoisotopic (exact) mass is 272 g/mol. The number of aryl methyl sites for hydroxylation is 1. The average Bonchev–Trinajstić information content (AvgIpc) is 2.60. The fraction of sp³-hybridized carbons (Fsp3) is 0.636. The van der Waals surface area contributed by atoms with Crippen molar-refractivity contribution in [1.82, 2.24) is 9.88 Å². The summed E-state index contributed by atoms with van der Waals surface area (Å²) in [6, 6.07) is 0. The molecule has 2 heterocycles. The van der Waals surface area contributed by atoms with Crippen LogP contribution in [0.15, 0.2) is 5.38 Å². The number of carbonyl (C=O) groups is 1. The summed E-state index contributed by atoms with van der Waals surface area (Å²) >= 11 is 3.21. The number of hydrogen-bond donors (Lipinski definition) is 1. The molecule has 4 nitrogen and oxygen atoms in total. The summed E-state index contributed by atoms with van der Waals surface area (Å²) in [5, 5.41) is 12.6. The number of amides is 1. The van der Waals surface area contributed by atoms with Gasteiger partial charge >= 0.3 is 0 Å². The molecule has 1 aromatic rings. The van der Waals surface area contributed by atoms with Gasteiger partial charge in [0.25, 0.3) is 0 Å². The van der Waals surface area contributed by atoms with Crippen molar-refractivity contribution < 1.29 is 9.90 Å². The van der Waals surface area contributed by atoms with Crippen LogP contribution in [-0.2, 0) is 10.5 Å². The Balaban J connectivity index is 1.67. The van der Waals surface area contributed by atoms with Gasteiger partial charge in [-0.3, -0.25) is 4.79 Å². The van der Waals surface area contributed by atoms with E-state index >= 15 is 0 Å². The minimum Gasteiger partial charge on any atom is -0.386 e. The van der Waals surface area contributed by atoms with E-state index in [1.54, 1.807) is 34.9 Å². The quantitative estimate of drug-likeness (QED) is 0.897. The third kappa shape index (κ3) is 3.43. The largest absolute Gasteiger partial charge is 0.386 e. The van der Waals surface area contributed by atoms with Gasteiger partial charge < -0.3 is 10.0 Å². The number of hydrogen-bond acceptors (Lipinski definition) is 5. The van der Waals surface area contributed by atoms with Crippen LogP contribution in [0.4, 0.5) is 0 Å². The van der Waals surface area contributed by atoms with Gasteiger partial charge in [-0.2, -0.15) is 0 Å². The van der Waals surface area contributed by atoms with E-state index in [0.29, 0.717) is 18.8 Å². The number of thiazole rings is 1. The zero-order valence-corrected chi connectivity index (χ0v) is 11.6. The van der Waals surface area contributed by atoms with E-state index < -0.39 is 5.60 Å². The second-order valence-electron chi connectivity index (χ2n) is 4.60. The molecule has 0 radical (unpaired) electrons. The predicted molar refractivity (Wildman–Crippen MR) is 70.2 cm³/mol. The lowest BCUT2D eigenvalue weighted by molar-refractivity contribution is -0.149. The molecule has 0 aromatic carbocycles. The molecule has 6 heteroatoms. The number of carbonyl (C=O) groups excluding carboxylic acids is 1. The second-order valence-corrected chi connectivity index (χ2v) is 6.65. The Hall–Kier alpha value is -0.590. The molecular formula is C11H16N2O2S2. The number of nitrogens with zero attached hydrogens (tertiary/aromatic N) is 2. The van der Waals surface area contributed by atoms with E-state index in [1.807, 2.05) is 12.3 Å². The fourth-order valence-electron chi connectivity index (χ4n) is 1.76. The molecule has 17 heavy (non-hydrogen) atoms. The Kier molecular flexibility index (Phi) is 3.75. The van der Waals surface area contributed by atoms with Crippen LogP contribution in [0, 0.1) is 6.92 Å².